The molecule has 0 aliphatic rings. The van der Waals surface area contributed by atoms with Crippen molar-refractivity contribution in [2.24, 2.45) is 0 Å². The molecule has 0 heterocycles. The maximum atomic E-state index is 11.6. The van der Waals surface area contributed by atoms with Gasteiger partial charge in [-0.3, -0.25) is 0 Å². The zero-order valence-corrected chi connectivity index (χ0v) is 7.24. The molecule has 0 aromatic heterocycles. The minimum absolute atomic E-state index is 0.350. The van der Waals surface area contributed by atoms with E-state index in [0.717, 1.165) is 0 Å². The fourth-order valence-electron chi connectivity index (χ4n) is 0.761. The van der Waals surface area contributed by atoms with Gasteiger partial charge in [-0.15, -0.1) is 0 Å². The summed E-state index contributed by atoms with van der Waals surface area (Å²) in [7, 11) is 1.68. The highest BCUT2D eigenvalue weighted by atomic mass is 19.4. The monoisotopic (exact) mass is 185 g/mol. The van der Waals surface area contributed by atoms with Crippen LogP contribution >= 0.6 is 0 Å². The Balaban J connectivity index is 3.58. The van der Waals surface area contributed by atoms with Crippen molar-refractivity contribution >= 4 is 0 Å². The summed E-state index contributed by atoms with van der Waals surface area (Å²) in [6.45, 7) is 1.08. The third kappa shape index (κ3) is 6.42. The first-order valence-corrected chi connectivity index (χ1v) is 3.82. The molecule has 0 spiro atoms. The Kier molecular flexibility index (Phi) is 5.24. The van der Waals surface area contributed by atoms with E-state index in [1.807, 2.05) is 0 Å². The van der Waals surface area contributed by atoms with E-state index in [1.54, 1.807) is 14.0 Å². The molecule has 1 unspecified atom stereocenters. The molecule has 5 heteroatoms. The Hall–Kier alpha value is -0.290. The molecule has 0 fully saturated rings. The molecule has 0 rings (SSSR count). The number of alkyl halides is 3. The van der Waals surface area contributed by atoms with E-state index < -0.39 is 12.8 Å². The van der Waals surface area contributed by atoms with Crippen LogP contribution in [0.2, 0.25) is 0 Å². The Morgan fingerprint density at radius 1 is 1.42 bits per heavy atom. The van der Waals surface area contributed by atoms with Crippen LogP contribution in [0.4, 0.5) is 13.2 Å². The van der Waals surface area contributed by atoms with Crippen LogP contribution in [0.25, 0.3) is 0 Å². The van der Waals surface area contributed by atoms with Crippen LogP contribution in [-0.2, 0) is 4.74 Å². The molecule has 0 aromatic carbocycles. The zero-order chi connectivity index (χ0) is 9.61. The molecule has 2 nitrogen and oxygen atoms in total. The van der Waals surface area contributed by atoms with Crippen molar-refractivity contribution in [3.63, 3.8) is 0 Å². The van der Waals surface area contributed by atoms with Crippen LogP contribution in [0, 0.1) is 0 Å². The first kappa shape index (κ1) is 11.7. The SMILES string of the molecule is CCC(CNC)OCC(F)(F)F. The molecule has 1 N–H and O–H groups in total. The van der Waals surface area contributed by atoms with E-state index >= 15 is 0 Å². The predicted molar refractivity (Wildman–Crippen MR) is 40.0 cm³/mol. The van der Waals surface area contributed by atoms with Crippen LogP contribution in [0.15, 0.2) is 0 Å². The second-order valence-electron chi connectivity index (χ2n) is 2.51. The molecule has 0 aromatic rings. The van der Waals surface area contributed by atoms with Gasteiger partial charge in [-0.05, 0) is 13.5 Å². The van der Waals surface area contributed by atoms with Gasteiger partial charge >= 0.3 is 6.18 Å². The molecule has 0 saturated heterocycles. The largest absolute Gasteiger partial charge is 0.411 e. The van der Waals surface area contributed by atoms with Crippen molar-refractivity contribution in [3.8, 4) is 0 Å². The summed E-state index contributed by atoms with van der Waals surface area (Å²) in [6, 6.07) is 0. The van der Waals surface area contributed by atoms with Crippen molar-refractivity contribution in [3.05, 3.63) is 0 Å². The lowest BCUT2D eigenvalue weighted by Crippen LogP contribution is -2.30. The van der Waals surface area contributed by atoms with Crippen LogP contribution in [0.1, 0.15) is 13.3 Å². The molecule has 0 radical (unpaired) electrons. The molecular formula is C7H14F3NO. The van der Waals surface area contributed by atoms with Gasteiger partial charge in [0.25, 0.3) is 0 Å². The van der Waals surface area contributed by atoms with Crippen LogP contribution in [-0.4, -0.2) is 32.5 Å². The standard InChI is InChI=1S/C7H14F3NO/c1-3-6(4-11-2)12-5-7(8,9)10/h6,11H,3-5H2,1-2H3. The first-order chi connectivity index (χ1) is 5.49. The maximum Gasteiger partial charge on any atom is 0.411 e. The Labute approximate surface area is 70.1 Å². The van der Waals surface area contributed by atoms with Gasteiger partial charge in [-0.2, -0.15) is 13.2 Å². The van der Waals surface area contributed by atoms with E-state index in [0.29, 0.717) is 13.0 Å². The highest BCUT2D eigenvalue weighted by molar-refractivity contribution is 4.58. The molecule has 0 amide bonds. The predicted octanol–water partition coefficient (Wildman–Crippen LogP) is 1.56. The molecule has 12 heavy (non-hydrogen) atoms. The van der Waals surface area contributed by atoms with Crippen molar-refractivity contribution in [1.29, 1.82) is 0 Å². The topological polar surface area (TPSA) is 21.3 Å². The molecule has 1 atom stereocenters. The van der Waals surface area contributed by atoms with Gasteiger partial charge in [0.05, 0.1) is 6.10 Å². The second-order valence-corrected chi connectivity index (χ2v) is 2.51. The summed E-state index contributed by atoms with van der Waals surface area (Å²) in [5, 5.41) is 2.76. The number of hydrogen-bond acceptors (Lipinski definition) is 2. The number of rotatable bonds is 5. The smallest absolute Gasteiger partial charge is 0.367 e. The van der Waals surface area contributed by atoms with Gasteiger partial charge in [-0.25, -0.2) is 0 Å². The Morgan fingerprint density at radius 2 is 2.00 bits per heavy atom. The summed E-state index contributed by atoms with van der Waals surface area (Å²) in [5.41, 5.74) is 0. The zero-order valence-electron chi connectivity index (χ0n) is 7.24. The van der Waals surface area contributed by atoms with E-state index in [1.165, 1.54) is 0 Å². The lowest BCUT2D eigenvalue weighted by molar-refractivity contribution is -0.184. The molecule has 0 aliphatic heterocycles. The fourth-order valence-corrected chi connectivity index (χ4v) is 0.761. The van der Waals surface area contributed by atoms with Gasteiger partial charge in [-0.1, -0.05) is 6.92 Å². The quantitative estimate of drug-likeness (QED) is 0.701. The minimum atomic E-state index is -4.22. The Bertz CT molecular complexity index is 116. The van der Waals surface area contributed by atoms with Crippen LogP contribution in [0.5, 0.6) is 0 Å². The minimum Gasteiger partial charge on any atom is -0.367 e. The summed E-state index contributed by atoms with van der Waals surface area (Å²) >= 11 is 0. The van der Waals surface area contributed by atoms with Gasteiger partial charge in [0.2, 0.25) is 0 Å². The number of hydrogen-bond donors (Lipinski definition) is 1. The average molecular weight is 185 g/mol. The number of halogens is 3. The summed E-state index contributed by atoms with van der Waals surface area (Å²) < 4.78 is 39.6. The van der Waals surface area contributed by atoms with E-state index in [2.05, 4.69) is 10.1 Å². The third-order valence-corrected chi connectivity index (χ3v) is 1.37. The number of likely N-dealkylation sites (N-methyl/N-ethyl adjacent to an activating group) is 1. The summed E-state index contributed by atoms with van der Waals surface area (Å²) in [5.74, 6) is 0. The van der Waals surface area contributed by atoms with Crippen LogP contribution in [0.3, 0.4) is 0 Å². The maximum absolute atomic E-state index is 11.6. The summed E-state index contributed by atoms with van der Waals surface area (Å²) in [4.78, 5) is 0. The van der Waals surface area contributed by atoms with Crippen molar-refractivity contribution in [2.75, 3.05) is 20.2 Å². The van der Waals surface area contributed by atoms with Gasteiger partial charge < -0.3 is 10.1 Å². The molecule has 0 bridgehead atoms. The number of ether oxygens (including phenoxy) is 1. The fraction of sp³-hybridized carbons (Fsp3) is 1.00. The molecule has 74 valence electrons. The highest BCUT2D eigenvalue weighted by Crippen LogP contribution is 2.15. The average Bonchev–Trinajstić information content (AvgIpc) is 1.96. The Morgan fingerprint density at radius 3 is 2.33 bits per heavy atom. The van der Waals surface area contributed by atoms with Gasteiger partial charge in [0.1, 0.15) is 6.61 Å². The van der Waals surface area contributed by atoms with Crippen molar-refractivity contribution in [1.82, 2.24) is 5.32 Å². The van der Waals surface area contributed by atoms with Crippen molar-refractivity contribution < 1.29 is 17.9 Å². The lowest BCUT2D eigenvalue weighted by Gasteiger charge is -2.16. The summed E-state index contributed by atoms with van der Waals surface area (Å²) in [6.07, 6.45) is -3.99. The molecule has 0 saturated carbocycles. The third-order valence-electron chi connectivity index (χ3n) is 1.37. The highest BCUT2D eigenvalue weighted by Gasteiger charge is 2.28. The first-order valence-electron chi connectivity index (χ1n) is 3.82. The normalized spacial score (nSPS) is 14.8. The van der Waals surface area contributed by atoms with Gasteiger partial charge in [0, 0.05) is 6.54 Å². The van der Waals surface area contributed by atoms with E-state index in [9.17, 15) is 13.2 Å². The second kappa shape index (κ2) is 5.37. The molecule has 0 aliphatic carbocycles. The lowest BCUT2D eigenvalue weighted by atomic mass is 10.3. The van der Waals surface area contributed by atoms with E-state index in [-0.39, 0.29) is 6.10 Å². The molecular weight excluding hydrogens is 171 g/mol. The van der Waals surface area contributed by atoms with Crippen molar-refractivity contribution in [2.45, 2.75) is 25.6 Å². The number of nitrogens with one attached hydrogen (secondary N) is 1. The van der Waals surface area contributed by atoms with E-state index in [4.69, 9.17) is 0 Å². The van der Waals surface area contributed by atoms with Crippen LogP contribution < -0.4 is 5.32 Å². The van der Waals surface area contributed by atoms with Gasteiger partial charge in [0.15, 0.2) is 0 Å².